The molecular formula is C12H8N2O. The molecule has 0 saturated heterocycles. The second kappa shape index (κ2) is 2.92. The summed E-state index contributed by atoms with van der Waals surface area (Å²) in [6, 6.07) is 9.41. The number of fused-ring (bicyclic) bond motifs is 3. The minimum absolute atomic E-state index is 0.186. The van der Waals surface area contributed by atoms with Gasteiger partial charge in [0, 0.05) is 17.0 Å². The molecule has 72 valence electrons. The molecule has 0 bridgehead atoms. The topological polar surface area (TPSA) is 46.0 Å². The Morgan fingerprint density at radius 1 is 1.07 bits per heavy atom. The SMILES string of the molecule is Oc1cnc2c(ccc3ncccc32)c1. The van der Waals surface area contributed by atoms with Gasteiger partial charge in [0.15, 0.2) is 0 Å². The summed E-state index contributed by atoms with van der Waals surface area (Å²) in [4.78, 5) is 8.47. The third kappa shape index (κ3) is 1.21. The van der Waals surface area contributed by atoms with Crippen LogP contribution in [0.25, 0.3) is 21.8 Å². The number of rotatable bonds is 0. The van der Waals surface area contributed by atoms with Gasteiger partial charge in [-0.3, -0.25) is 9.97 Å². The standard InChI is InChI=1S/C12H8N2O/c15-9-6-8-3-4-11-10(2-1-5-13-11)12(8)14-7-9/h1-7,15H. The summed E-state index contributed by atoms with van der Waals surface area (Å²) in [6.07, 6.45) is 3.21. The number of hydrogen-bond acceptors (Lipinski definition) is 3. The van der Waals surface area contributed by atoms with Gasteiger partial charge in [-0.25, -0.2) is 0 Å². The summed E-state index contributed by atoms with van der Waals surface area (Å²) in [7, 11) is 0. The van der Waals surface area contributed by atoms with E-state index in [1.54, 1.807) is 12.3 Å². The highest BCUT2D eigenvalue weighted by Crippen LogP contribution is 2.24. The van der Waals surface area contributed by atoms with Crippen molar-refractivity contribution in [2.24, 2.45) is 0 Å². The molecule has 0 amide bonds. The highest BCUT2D eigenvalue weighted by molar-refractivity contribution is 6.03. The van der Waals surface area contributed by atoms with E-state index in [1.807, 2.05) is 24.3 Å². The normalized spacial score (nSPS) is 10.9. The zero-order chi connectivity index (χ0) is 10.3. The Bertz CT molecular complexity index is 649. The fourth-order valence-electron chi connectivity index (χ4n) is 1.74. The molecule has 3 heteroatoms. The van der Waals surface area contributed by atoms with E-state index in [0.29, 0.717) is 0 Å². The van der Waals surface area contributed by atoms with Gasteiger partial charge in [0.2, 0.25) is 0 Å². The van der Waals surface area contributed by atoms with Crippen LogP contribution in [0.4, 0.5) is 0 Å². The number of hydrogen-bond donors (Lipinski definition) is 1. The quantitative estimate of drug-likeness (QED) is 0.562. The van der Waals surface area contributed by atoms with Gasteiger partial charge in [0.1, 0.15) is 5.75 Å². The van der Waals surface area contributed by atoms with Crippen LogP contribution in [0.15, 0.2) is 42.7 Å². The van der Waals surface area contributed by atoms with Gasteiger partial charge in [-0.2, -0.15) is 0 Å². The van der Waals surface area contributed by atoms with Crippen molar-refractivity contribution in [1.29, 1.82) is 0 Å². The van der Waals surface area contributed by atoms with E-state index in [1.165, 1.54) is 6.20 Å². The van der Waals surface area contributed by atoms with E-state index in [2.05, 4.69) is 9.97 Å². The molecule has 15 heavy (non-hydrogen) atoms. The monoisotopic (exact) mass is 196 g/mol. The molecule has 1 aromatic carbocycles. The molecule has 0 radical (unpaired) electrons. The van der Waals surface area contributed by atoms with Gasteiger partial charge < -0.3 is 5.11 Å². The molecular weight excluding hydrogens is 188 g/mol. The van der Waals surface area contributed by atoms with Gasteiger partial charge in [0.05, 0.1) is 17.2 Å². The Morgan fingerprint density at radius 2 is 2.00 bits per heavy atom. The average Bonchev–Trinajstić information content (AvgIpc) is 2.28. The zero-order valence-corrected chi connectivity index (χ0v) is 7.88. The summed E-state index contributed by atoms with van der Waals surface area (Å²) >= 11 is 0. The zero-order valence-electron chi connectivity index (χ0n) is 7.88. The van der Waals surface area contributed by atoms with Gasteiger partial charge >= 0.3 is 0 Å². The second-order valence-corrected chi connectivity index (χ2v) is 3.40. The Morgan fingerprint density at radius 3 is 2.93 bits per heavy atom. The fourth-order valence-corrected chi connectivity index (χ4v) is 1.74. The Balaban J connectivity index is 2.55. The highest BCUT2D eigenvalue weighted by atomic mass is 16.3. The molecule has 0 aliphatic rings. The van der Waals surface area contributed by atoms with Crippen LogP contribution in [0.2, 0.25) is 0 Å². The van der Waals surface area contributed by atoms with Crippen molar-refractivity contribution in [2.75, 3.05) is 0 Å². The van der Waals surface area contributed by atoms with Crippen molar-refractivity contribution in [2.45, 2.75) is 0 Å². The Labute approximate surface area is 86.0 Å². The summed E-state index contributed by atoms with van der Waals surface area (Å²) in [5.74, 6) is 0.186. The van der Waals surface area contributed by atoms with E-state index in [0.717, 1.165) is 21.8 Å². The third-order valence-corrected chi connectivity index (χ3v) is 2.42. The molecule has 1 N–H and O–H groups in total. The van der Waals surface area contributed by atoms with Crippen molar-refractivity contribution in [3.05, 3.63) is 42.7 Å². The average molecular weight is 196 g/mol. The number of benzene rings is 1. The third-order valence-electron chi connectivity index (χ3n) is 2.42. The minimum atomic E-state index is 0.186. The van der Waals surface area contributed by atoms with Gasteiger partial charge in [-0.1, -0.05) is 6.07 Å². The summed E-state index contributed by atoms with van der Waals surface area (Å²) < 4.78 is 0. The van der Waals surface area contributed by atoms with E-state index in [9.17, 15) is 5.11 Å². The largest absolute Gasteiger partial charge is 0.506 e. The predicted molar refractivity (Wildman–Crippen MR) is 58.7 cm³/mol. The lowest BCUT2D eigenvalue weighted by Crippen LogP contribution is -1.83. The maximum absolute atomic E-state index is 9.32. The van der Waals surface area contributed by atoms with Crippen molar-refractivity contribution < 1.29 is 5.11 Å². The van der Waals surface area contributed by atoms with Crippen LogP contribution in [0.1, 0.15) is 0 Å². The Kier molecular flexibility index (Phi) is 1.59. The van der Waals surface area contributed by atoms with Crippen LogP contribution >= 0.6 is 0 Å². The minimum Gasteiger partial charge on any atom is -0.506 e. The van der Waals surface area contributed by atoms with Crippen molar-refractivity contribution in [1.82, 2.24) is 9.97 Å². The van der Waals surface area contributed by atoms with Crippen LogP contribution < -0.4 is 0 Å². The molecule has 3 nitrogen and oxygen atoms in total. The molecule has 0 saturated carbocycles. The Hall–Kier alpha value is -2.16. The summed E-state index contributed by atoms with van der Waals surface area (Å²) in [6.45, 7) is 0. The van der Waals surface area contributed by atoms with Crippen LogP contribution in [0.3, 0.4) is 0 Å². The first-order valence-electron chi connectivity index (χ1n) is 4.67. The molecule has 2 heterocycles. The number of nitrogens with zero attached hydrogens (tertiary/aromatic N) is 2. The highest BCUT2D eigenvalue weighted by Gasteiger charge is 2.02. The first kappa shape index (κ1) is 8.17. The molecule has 3 rings (SSSR count). The maximum Gasteiger partial charge on any atom is 0.134 e. The van der Waals surface area contributed by atoms with E-state index < -0.39 is 0 Å². The molecule has 2 aromatic heterocycles. The first-order chi connectivity index (χ1) is 7.34. The molecule has 0 fully saturated rings. The molecule has 0 aliphatic carbocycles. The maximum atomic E-state index is 9.32. The lowest BCUT2D eigenvalue weighted by Gasteiger charge is -2.01. The fraction of sp³-hybridized carbons (Fsp3) is 0. The first-order valence-corrected chi connectivity index (χ1v) is 4.67. The second-order valence-electron chi connectivity index (χ2n) is 3.40. The van der Waals surface area contributed by atoms with Crippen molar-refractivity contribution >= 4 is 21.8 Å². The number of pyridine rings is 2. The molecule has 0 unspecified atom stereocenters. The molecule has 0 aliphatic heterocycles. The van der Waals surface area contributed by atoms with Crippen LogP contribution in [-0.2, 0) is 0 Å². The van der Waals surface area contributed by atoms with Gasteiger partial charge in [-0.15, -0.1) is 0 Å². The van der Waals surface area contributed by atoms with Crippen molar-refractivity contribution in [3.8, 4) is 5.75 Å². The molecule has 0 spiro atoms. The smallest absolute Gasteiger partial charge is 0.134 e. The predicted octanol–water partition coefficient (Wildman–Crippen LogP) is 2.49. The van der Waals surface area contributed by atoms with Crippen molar-refractivity contribution in [3.63, 3.8) is 0 Å². The summed E-state index contributed by atoms with van der Waals surface area (Å²) in [5, 5.41) is 11.3. The van der Waals surface area contributed by atoms with Gasteiger partial charge in [0.25, 0.3) is 0 Å². The van der Waals surface area contributed by atoms with Crippen LogP contribution in [0, 0.1) is 0 Å². The van der Waals surface area contributed by atoms with Gasteiger partial charge in [-0.05, 0) is 24.3 Å². The van der Waals surface area contributed by atoms with Crippen LogP contribution in [-0.4, -0.2) is 15.1 Å². The number of aromatic hydroxyl groups is 1. The van der Waals surface area contributed by atoms with E-state index in [-0.39, 0.29) is 5.75 Å². The lowest BCUT2D eigenvalue weighted by molar-refractivity contribution is 0.474. The van der Waals surface area contributed by atoms with E-state index >= 15 is 0 Å². The molecule has 0 atom stereocenters. The number of aromatic nitrogens is 2. The summed E-state index contributed by atoms with van der Waals surface area (Å²) in [5.41, 5.74) is 1.79. The van der Waals surface area contributed by atoms with Crippen LogP contribution in [0.5, 0.6) is 5.75 Å². The molecule has 3 aromatic rings. The lowest BCUT2D eigenvalue weighted by atomic mass is 10.1. The van der Waals surface area contributed by atoms with E-state index in [4.69, 9.17) is 0 Å².